The quantitative estimate of drug-likeness (QED) is 0.830. The molecule has 132 valence electrons. The number of piperazine rings is 1. The van der Waals surface area contributed by atoms with E-state index in [1.165, 1.54) is 0 Å². The number of anilines is 1. The Morgan fingerprint density at radius 3 is 2.38 bits per heavy atom. The first kappa shape index (κ1) is 17.2. The van der Waals surface area contributed by atoms with Crippen molar-refractivity contribution in [1.29, 1.82) is 0 Å². The number of likely N-dealkylation sites (N-methyl/N-ethyl adjacent to an activating group) is 1. The minimum atomic E-state index is -0.641. The normalized spacial score (nSPS) is 25.8. The third-order valence-electron chi connectivity index (χ3n) is 5.23. The summed E-state index contributed by atoms with van der Waals surface area (Å²) in [4.78, 5) is 18.9. The van der Waals surface area contributed by atoms with Gasteiger partial charge in [-0.05, 0) is 37.7 Å². The second kappa shape index (κ2) is 7.51. The van der Waals surface area contributed by atoms with Crippen molar-refractivity contribution in [2.24, 2.45) is 5.92 Å². The van der Waals surface area contributed by atoms with Gasteiger partial charge in [0.05, 0.1) is 6.10 Å². The summed E-state index contributed by atoms with van der Waals surface area (Å²) in [5, 5.41) is 19.2. The second-order valence-electron chi connectivity index (χ2n) is 6.89. The monoisotopic (exact) mass is 333 g/mol. The molecular weight excluding hydrogens is 306 g/mol. The highest BCUT2D eigenvalue weighted by atomic mass is 16.3. The van der Waals surface area contributed by atoms with Crippen LogP contribution in [0.1, 0.15) is 16.8 Å². The lowest BCUT2D eigenvalue weighted by Gasteiger charge is -2.35. The molecule has 2 aliphatic rings. The third-order valence-corrected chi connectivity index (χ3v) is 5.23. The molecule has 0 unspecified atom stereocenters. The van der Waals surface area contributed by atoms with E-state index in [0.717, 1.165) is 31.9 Å². The van der Waals surface area contributed by atoms with E-state index in [1.54, 1.807) is 4.90 Å². The molecule has 1 aromatic rings. The molecule has 0 aliphatic carbocycles. The van der Waals surface area contributed by atoms with Crippen molar-refractivity contribution in [3.05, 3.63) is 29.8 Å². The average Bonchev–Trinajstić information content (AvgIpc) is 2.62. The smallest absolute Gasteiger partial charge is 0.253 e. The van der Waals surface area contributed by atoms with Crippen LogP contribution in [0.2, 0.25) is 0 Å². The molecular formula is C18H27N3O3. The molecule has 1 aromatic carbocycles. The van der Waals surface area contributed by atoms with E-state index in [1.807, 2.05) is 24.3 Å². The molecule has 0 radical (unpaired) electrons. The first-order valence-corrected chi connectivity index (χ1v) is 8.70. The van der Waals surface area contributed by atoms with Crippen LogP contribution >= 0.6 is 0 Å². The van der Waals surface area contributed by atoms with Crippen molar-refractivity contribution in [3.63, 3.8) is 0 Å². The van der Waals surface area contributed by atoms with Gasteiger partial charge in [0.15, 0.2) is 0 Å². The number of aliphatic hydroxyl groups excluding tert-OH is 2. The maximum absolute atomic E-state index is 12.6. The number of β-amino-alcohol motifs (C(OH)–C–C–N with tert-alkyl or cyclic N) is 1. The third kappa shape index (κ3) is 3.71. The highest BCUT2D eigenvalue weighted by molar-refractivity contribution is 5.94. The molecule has 6 nitrogen and oxygen atoms in total. The largest absolute Gasteiger partial charge is 0.396 e. The SMILES string of the molecule is CN1CCN(c2ccc(C(=O)N3CC[C@H](CO)[C@H](O)C3)cc2)CC1. The lowest BCUT2D eigenvalue weighted by atomic mass is 9.94. The molecule has 0 aromatic heterocycles. The Balaban J connectivity index is 1.62. The Kier molecular flexibility index (Phi) is 5.38. The maximum atomic E-state index is 12.6. The van der Waals surface area contributed by atoms with Gasteiger partial charge < -0.3 is 24.9 Å². The summed E-state index contributed by atoms with van der Waals surface area (Å²) in [7, 11) is 2.13. The van der Waals surface area contributed by atoms with Crippen LogP contribution in [-0.2, 0) is 0 Å². The Morgan fingerprint density at radius 1 is 1.12 bits per heavy atom. The highest BCUT2D eigenvalue weighted by Gasteiger charge is 2.30. The van der Waals surface area contributed by atoms with E-state index in [0.29, 0.717) is 25.1 Å². The fourth-order valence-corrected chi connectivity index (χ4v) is 3.44. The molecule has 0 saturated carbocycles. The molecule has 2 saturated heterocycles. The summed E-state index contributed by atoms with van der Waals surface area (Å²) in [6.45, 7) is 4.97. The standard InChI is InChI=1S/C18H27N3O3/c1-19-8-10-20(11-9-19)16-4-2-14(3-5-16)18(24)21-7-6-15(13-22)17(23)12-21/h2-5,15,17,22-23H,6-13H2,1H3/t15-,17-/m1/s1. The van der Waals surface area contributed by atoms with Crippen molar-refractivity contribution < 1.29 is 15.0 Å². The van der Waals surface area contributed by atoms with Gasteiger partial charge in [0.1, 0.15) is 0 Å². The van der Waals surface area contributed by atoms with Gasteiger partial charge in [0.2, 0.25) is 0 Å². The number of rotatable bonds is 3. The Morgan fingerprint density at radius 2 is 1.79 bits per heavy atom. The molecule has 2 heterocycles. The number of hydrogen-bond acceptors (Lipinski definition) is 5. The topological polar surface area (TPSA) is 67.2 Å². The van der Waals surface area contributed by atoms with Gasteiger partial charge in [-0.3, -0.25) is 4.79 Å². The molecule has 6 heteroatoms. The Bertz CT molecular complexity index is 555. The zero-order chi connectivity index (χ0) is 17.1. The van der Waals surface area contributed by atoms with Crippen LogP contribution in [0.3, 0.4) is 0 Å². The summed E-state index contributed by atoms with van der Waals surface area (Å²) in [5.74, 6) is -0.163. The summed E-state index contributed by atoms with van der Waals surface area (Å²) in [6.07, 6.45) is 0.000276. The van der Waals surface area contributed by atoms with E-state index in [4.69, 9.17) is 0 Å². The number of carbonyl (C=O) groups is 1. The number of likely N-dealkylation sites (tertiary alicyclic amines) is 1. The van der Waals surface area contributed by atoms with Crippen LogP contribution in [0.4, 0.5) is 5.69 Å². The van der Waals surface area contributed by atoms with E-state index in [9.17, 15) is 15.0 Å². The van der Waals surface area contributed by atoms with Gasteiger partial charge in [0.25, 0.3) is 5.91 Å². The van der Waals surface area contributed by atoms with Crippen molar-refractivity contribution in [2.45, 2.75) is 12.5 Å². The molecule has 2 atom stereocenters. The van der Waals surface area contributed by atoms with E-state index < -0.39 is 6.10 Å². The predicted octanol–water partition coefficient (Wildman–Crippen LogP) is 0.254. The number of aliphatic hydroxyl groups is 2. The minimum absolute atomic E-state index is 0.0249. The van der Waals surface area contributed by atoms with Gasteiger partial charge in [0, 0.05) is 63.0 Å². The minimum Gasteiger partial charge on any atom is -0.396 e. The molecule has 0 spiro atoms. The van der Waals surface area contributed by atoms with Crippen LogP contribution < -0.4 is 4.90 Å². The van der Waals surface area contributed by atoms with Crippen LogP contribution in [0, 0.1) is 5.92 Å². The number of nitrogens with zero attached hydrogens (tertiary/aromatic N) is 3. The zero-order valence-electron chi connectivity index (χ0n) is 14.3. The Hall–Kier alpha value is -1.63. The van der Waals surface area contributed by atoms with Gasteiger partial charge in [-0.1, -0.05) is 0 Å². The molecule has 2 N–H and O–H groups in total. The molecule has 24 heavy (non-hydrogen) atoms. The predicted molar refractivity (Wildman–Crippen MR) is 93.3 cm³/mol. The van der Waals surface area contributed by atoms with Gasteiger partial charge >= 0.3 is 0 Å². The van der Waals surface area contributed by atoms with Crippen molar-refractivity contribution in [3.8, 4) is 0 Å². The van der Waals surface area contributed by atoms with Crippen LogP contribution in [0.25, 0.3) is 0 Å². The number of piperidine rings is 1. The number of benzene rings is 1. The van der Waals surface area contributed by atoms with Crippen molar-refractivity contribution >= 4 is 11.6 Å². The van der Waals surface area contributed by atoms with Gasteiger partial charge in [-0.2, -0.15) is 0 Å². The Labute approximate surface area is 143 Å². The number of hydrogen-bond donors (Lipinski definition) is 2. The van der Waals surface area contributed by atoms with Crippen LogP contribution in [0.15, 0.2) is 24.3 Å². The van der Waals surface area contributed by atoms with Gasteiger partial charge in [-0.25, -0.2) is 0 Å². The number of carbonyl (C=O) groups excluding carboxylic acids is 1. The van der Waals surface area contributed by atoms with Crippen molar-refractivity contribution in [2.75, 3.05) is 57.8 Å². The summed E-state index contributed by atoms with van der Waals surface area (Å²) in [5.41, 5.74) is 1.81. The molecule has 2 aliphatic heterocycles. The van der Waals surface area contributed by atoms with Crippen LogP contribution in [0.5, 0.6) is 0 Å². The number of amides is 1. The first-order valence-electron chi connectivity index (χ1n) is 8.70. The van der Waals surface area contributed by atoms with E-state index in [2.05, 4.69) is 16.8 Å². The molecule has 3 rings (SSSR count). The molecule has 2 fully saturated rings. The lowest BCUT2D eigenvalue weighted by molar-refractivity contribution is 0.000878. The summed E-state index contributed by atoms with van der Waals surface area (Å²) in [6, 6.07) is 7.77. The van der Waals surface area contributed by atoms with E-state index in [-0.39, 0.29) is 18.4 Å². The summed E-state index contributed by atoms with van der Waals surface area (Å²) >= 11 is 0. The fourth-order valence-electron chi connectivity index (χ4n) is 3.44. The lowest BCUT2D eigenvalue weighted by Crippen LogP contribution is -2.47. The van der Waals surface area contributed by atoms with Crippen LogP contribution in [-0.4, -0.2) is 84.9 Å². The first-order chi connectivity index (χ1) is 11.6. The molecule has 0 bridgehead atoms. The second-order valence-corrected chi connectivity index (χ2v) is 6.89. The van der Waals surface area contributed by atoms with E-state index >= 15 is 0 Å². The maximum Gasteiger partial charge on any atom is 0.253 e. The molecule has 1 amide bonds. The fraction of sp³-hybridized carbons (Fsp3) is 0.611. The average molecular weight is 333 g/mol. The van der Waals surface area contributed by atoms with Crippen molar-refractivity contribution in [1.82, 2.24) is 9.80 Å². The summed E-state index contributed by atoms with van der Waals surface area (Å²) < 4.78 is 0. The zero-order valence-corrected chi connectivity index (χ0v) is 14.3. The highest BCUT2D eigenvalue weighted by Crippen LogP contribution is 2.21. The van der Waals surface area contributed by atoms with Gasteiger partial charge in [-0.15, -0.1) is 0 Å².